The molecule has 0 N–H and O–H groups in total. The zero-order valence-corrected chi connectivity index (χ0v) is 24.3. The first-order valence-electron chi connectivity index (χ1n) is 13.8. The lowest BCUT2D eigenvalue weighted by Crippen LogP contribution is -1.94. The minimum Gasteiger partial charge on any atom is -0.309 e. The smallest absolute Gasteiger partial charge is 0.0541 e. The summed E-state index contributed by atoms with van der Waals surface area (Å²) in [7, 11) is 0. The van der Waals surface area contributed by atoms with Gasteiger partial charge in [0.2, 0.25) is 0 Å². The summed E-state index contributed by atoms with van der Waals surface area (Å²) >= 11 is 5.65. The lowest BCUT2D eigenvalue weighted by atomic mass is 10.0. The molecule has 9 rings (SSSR count). The Morgan fingerprint density at radius 1 is 0.463 bits per heavy atom. The van der Waals surface area contributed by atoms with Crippen molar-refractivity contribution >= 4 is 90.8 Å². The second-order valence-electron chi connectivity index (χ2n) is 10.7. The van der Waals surface area contributed by atoms with Crippen molar-refractivity contribution in [2.75, 3.05) is 0 Å². The lowest BCUT2D eigenvalue weighted by Gasteiger charge is -2.11. The summed E-state index contributed by atoms with van der Waals surface area (Å²) in [5, 5.41) is 10.3. The Hall–Kier alpha value is -4.44. The Bertz CT molecular complexity index is 2500. The van der Waals surface area contributed by atoms with Crippen LogP contribution in [0.4, 0.5) is 0 Å². The van der Waals surface area contributed by atoms with Crippen LogP contribution in [-0.2, 0) is 0 Å². The van der Waals surface area contributed by atoms with Crippen molar-refractivity contribution in [1.29, 1.82) is 0 Å². The van der Waals surface area contributed by atoms with E-state index in [4.69, 9.17) is 0 Å². The van der Waals surface area contributed by atoms with Gasteiger partial charge in [-0.2, -0.15) is 0 Å². The number of fused-ring (bicyclic) bond motifs is 9. The molecular weight excluding hydrogens is 582 g/mol. The number of para-hydroxylation sites is 1. The Kier molecular flexibility index (Phi) is 4.98. The SMILES string of the molecule is Brc1cccc2sc3ccc(-c4ccc5c(c4)c4ccccc4n5-c4ccc5ccc6ccccc6c5c4)cc3c12. The summed E-state index contributed by atoms with van der Waals surface area (Å²) < 4.78 is 6.20. The fourth-order valence-electron chi connectivity index (χ4n) is 6.52. The number of halogens is 1. The maximum Gasteiger partial charge on any atom is 0.0541 e. The van der Waals surface area contributed by atoms with Gasteiger partial charge in [0.25, 0.3) is 0 Å². The van der Waals surface area contributed by atoms with Crippen molar-refractivity contribution < 1.29 is 0 Å². The van der Waals surface area contributed by atoms with E-state index < -0.39 is 0 Å². The summed E-state index contributed by atoms with van der Waals surface area (Å²) in [6.45, 7) is 0. The van der Waals surface area contributed by atoms with Gasteiger partial charge in [0.15, 0.2) is 0 Å². The lowest BCUT2D eigenvalue weighted by molar-refractivity contribution is 1.19. The largest absolute Gasteiger partial charge is 0.309 e. The first kappa shape index (κ1) is 23.3. The second kappa shape index (κ2) is 8.78. The third kappa shape index (κ3) is 3.46. The molecule has 2 aromatic heterocycles. The molecule has 9 aromatic rings. The first-order chi connectivity index (χ1) is 20.2. The van der Waals surface area contributed by atoms with E-state index in [0.29, 0.717) is 0 Å². The third-order valence-electron chi connectivity index (χ3n) is 8.44. The van der Waals surface area contributed by atoms with Gasteiger partial charge in [0.05, 0.1) is 11.0 Å². The van der Waals surface area contributed by atoms with Crippen LogP contribution < -0.4 is 0 Å². The van der Waals surface area contributed by atoms with Crippen molar-refractivity contribution in [3.8, 4) is 16.8 Å². The molecule has 0 fully saturated rings. The van der Waals surface area contributed by atoms with Gasteiger partial charge in [-0.15, -0.1) is 11.3 Å². The highest BCUT2D eigenvalue weighted by Crippen LogP contribution is 2.41. The van der Waals surface area contributed by atoms with Crippen LogP contribution >= 0.6 is 27.3 Å². The number of thiophene rings is 1. The summed E-state index contributed by atoms with van der Waals surface area (Å²) in [4.78, 5) is 0. The van der Waals surface area contributed by atoms with Crippen molar-refractivity contribution in [3.63, 3.8) is 0 Å². The molecule has 0 radical (unpaired) electrons. The van der Waals surface area contributed by atoms with E-state index >= 15 is 0 Å². The predicted octanol–water partition coefficient (Wildman–Crippen LogP) is 11.9. The van der Waals surface area contributed by atoms with Crippen molar-refractivity contribution in [1.82, 2.24) is 4.57 Å². The number of nitrogens with zero attached hydrogens (tertiary/aromatic N) is 1. The normalized spacial score (nSPS) is 12.0. The number of aromatic nitrogens is 1. The quantitative estimate of drug-likeness (QED) is 0.173. The van der Waals surface area contributed by atoms with Crippen molar-refractivity contribution in [2.45, 2.75) is 0 Å². The molecule has 0 atom stereocenters. The molecule has 0 amide bonds. The van der Waals surface area contributed by atoms with Crippen LogP contribution in [0.25, 0.3) is 80.3 Å². The number of hydrogen-bond acceptors (Lipinski definition) is 1. The maximum absolute atomic E-state index is 3.79. The molecule has 0 aliphatic heterocycles. The average molecular weight is 605 g/mol. The standard InChI is InChI=1S/C38H22BrNS/c39-33-9-5-11-37-38(33)32-21-26(16-19-36(32)41-37)25-15-18-35-31(20-25)29-8-3-4-10-34(29)40(35)27-17-14-24-13-12-23-6-1-2-7-28(23)30(24)22-27/h1-22H. The van der Waals surface area contributed by atoms with Crippen LogP contribution in [0.3, 0.4) is 0 Å². The molecule has 7 aromatic carbocycles. The fourth-order valence-corrected chi connectivity index (χ4v) is 8.35. The van der Waals surface area contributed by atoms with Crippen LogP contribution in [0.15, 0.2) is 138 Å². The van der Waals surface area contributed by atoms with Gasteiger partial charge < -0.3 is 4.57 Å². The van der Waals surface area contributed by atoms with Gasteiger partial charge in [-0.3, -0.25) is 0 Å². The summed E-state index contributed by atoms with van der Waals surface area (Å²) in [6.07, 6.45) is 0. The molecule has 3 heteroatoms. The van der Waals surface area contributed by atoms with Crippen LogP contribution in [0.5, 0.6) is 0 Å². The molecular formula is C38H22BrNS. The molecule has 0 spiro atoms. The highest BCUT2D eigenvalue weighted by molar-refractivity contribution is 9.10. The molecule has 0 unspecified atom stereocenters. The van der Waals surface area contributed by atoms with Crippen molar-refractivity contribution in [3.05, 3.63) is 138 Å². The zero-order valence-electron chi connectivity index (χ0n) is 21.9. The molecule has 192 valence electrons. The molecule has 2 heterocycles. The molecule has 0 aliphatic rings. The van der Waals surface area contributed by atoms with Gasteiger partial charge in [-0.25, -0.2) is 0 Å². The molecule has 0 bridgehead atoms. The molecule has 0 saturated carbocycles. The van der Waals surface area contributed by atoms with E-state index in [1.165, 1.54) is 80.3 Å². The van der Waals surface area contributed by atoms with Gasteiger partial charge in [0.1, 0.15) is 0 Å². The maximum atomic E-state index is 3.79. The van der Waals surface area contributed by atoms with Crippen LogP contribution in [0.1, 0.15) is 0 Å². The van der Waals surface area contributed by atoms with Crippen LogP contribution in [-0.4, -0.2) is 4.57 Å². The Morgan fingerprint density at radius 3 is 2.07 bits per heavy atom. The topological polar surface area (TPSA) is 4.93 Å². The third-order valence-corrected chi connectivity index (χ3v) is 10.2. The Morgan fingerprint density at radius 2 is 1.17 bits per heavy atom. The minimum absolute atomic E-state index is 1.15. The molecule has 0 saturated heterocycles. The van der Waals surface area contributed by atoms with Crippen LogP contribution in [0.2, 0.25) is 0 Å². The van der Waals surface area contributed by atoms with E-state index in [1.54, 1.807) is 0 Å². The Balaban J connectivity index is 1.28. The molecule has 0 aliphatic carbocycles. The number of benzene rings is 7. The summed E-state index contributed by atoms with van der Waals surface area (Å²) in [5.74, 6) is 0. The van der Waals surface area contributed by atoms with E-state index in [9.17, 15) is 0 Å². The second-order valence-corrected chi connectivity index (χ2v) is 12.6. The van der Waals surface area contributed by atoms with E-state index in [-0.39, 0.29) is 0 Å². The van der Waals surface area contributed by atoms with Gasteiger partial charge in [0, 0.05) is 41.1 Å². The number of rotatable bonds is 2. The summed E-state index contributed by atoms with van der Waals surface area (Å²) in [6, 6.07) is 49.0. The van der Waals surface area contributed by atoms with E-state index in [1.807, 2.05) is 11.3 Å². The summed E-state index contributed by atoms with van der Waals surface area (Å²) in [5.41, 5.74) is 6.10. The average Bonchev–Trinajstić information content (AvgIpc) is 3.56. The Labute approximate surface area is 249 Å². The van der Waals surface area contributed by atoms with Gasteiger partial charge in [-0.05, 0) is 87.3 Å². The van der Waals surface area contributed by atoms with Gasteiger partial charge >= 0.3 is 0 Å². The van der Waals surface area contributed by atoms with E-state index in [0.717, 1.165) is 4.47 Å². The van der Waals surface area contributed by atoms with Crippen LogP contribution in [0, 0.1) is 0 Å². The van der Waals surface area contributed by atoms with Crippen molar-refractivity contribution in [2.24, 2.45) is 0 Å². The number of hydrogen-bond donors (Lipinski definition) is 0. The highest BCUT2D eigenvalue weighted by atomic mass is 79.9. The zero-order chi connectivity index (χ0) is 27.1. The first-order valence-corrected chi connectivity index (χ1v) is 15.4. The minimum atomic E-state index is 1.15. The highest BCUT2D eigenvalue weighted by Gasteiger charge is 2.15. The monoisotopic (exact) mass is 603 g/mol. The van der Waals surface area contributed by atoms with Gasteiger partial charge in [-0.1, -0.05) is 94.8 Å². The molecule has 41 heavy (non-hydrogen) atoms. The molecule has 1 nitrogen and oxygen atoms in total. The fraction of sp³-hybridized carbons (Fsp3) is 0. The van der Waals surface area contributed by atoms with E-state index in [2.05, 4.69) is 154 Å². The predicted molar refractivity (Wildman–Crippen MR) is 182 cm³/mol.